The van der Waals surface area contributed by atoms with E-state index in [1.807, 2.05) is 36.5 Å². The van der Waals surface area contributed by atoms with Crippen LogP contribution in [0, 0.1) is 0 Å². The predicted molar refractivity (Wildman–Crippen MR) is 90.0 cm³/mol. The molecule has 0 unspecified atom stereocenters. The van der Waals surface area contributed by atoms with E-state index < -0.39 is 0 Å². The summed E-state index contributed by atoms with van der Waals surface area (Å²) in [6.45, 7) is 0.540. The molecule has 0 aliphatic rings. The Bertz CT molecular complexity index is 736. The summed E-state index contributed by atoms with van der Waals surface area (Å²) in [7, 11) is 0. The first kappa shape index (κ1) is 14.7. The van der Waals surface area contributed by atoms with Crippen LogP contribution in [0.4, 0.5) is 5.69 Å². The number of hydrogen-bond acceptors (Lipinski definition) is 3. The lowest BCUT2D eigenvalue weighted by atomic mass is 10.2. The zero-order chi connectivity index (χ0) is 14.8. The Labute approximate surface area is 143 Å². The maximum atomic E-state index is 6.29. The largest absolute Gasteiger partial charge is 0.451 e. The van der Waals surface area contributed by atoms with Crippen molar-refractivity contribution in [2.75, 3.05) is 5.32 Å². The van der Waals surface area contributed by atoms with Gasteiger partial charge in [-0.05, 0) is 56.1 Å². The molecule has 0 aliphatic carbocycles. The standard InChI is InChI=1S/C14H10Br2ClN3O/c15-10-7-9(21-14(10)16)8-18-12-4-1-3-11(17)13(12)20-6-2-5-19-20/h1-7,18H,8H2. The third kappa shape index (κ3) is 3.17. The lowest BCUT2D eigenvalue weighted by Gasteiger charge is -2.12. The molecule has 0 amide bonds. The van der Waals surface area contributed by atoms with E-state index in [2.05, 4.69) is 42.3 Å². The van der Waals surface area contributed by atoms with Gasteiger partial charge in [0.15, 0.2) is 4.67 Å². The molecule has 1 aromatic carbocycles. The maximum Gasteiger partial charge on any atom is 0.183 e. The molecule has 1 N–H and O–H groups in total. The molecule has 0 saturated heterocycles. The summed E-state index contributed by atoms with van der Waals surface area (Å²) >= 11 is 13.0. The minimum Gasteiger partial charge on any atom is -0.451 e. The summed E-state index contributed by atoms with van der Waals surface area (Å²) in [5.74, 6) is 0.806. The van der Waals surface area contributed by atoms with Crippen LogP contribution < -0.4 is 5.32 Å². The lowest BCUT2D eigenvalue weighted by molar-refractivity contribution is 0.494. The van der Waals surface area contributed by atoms with Gasteiger partial charge in [-0.1, -0.05) is 17.7 Å². The molecule has 7 heteroatoms. The molecule has 3 aromatic rings. The molecule has 2 aromatic heterocycles. The Hall–Kier alpha value is -1.24. The molecule has 21 heavy (non-hydrogen) atoms. The van der Waals surface area contributed by atoms with Crippen LogP contribution in [-0.4, -0.2) is 9.78 Å². The second kappa shape index (κ2) is 6.25. The van der Waals surface area contributed by atoms with Gasteiger partial charge < -0.3 is 9.73 Å². The number of halogens is 3. The van der Waals surface area contributed by atoms with Crippen LogP contribution in [0.3, 0.4) is 0 Å². The van der Waals surface area contributed by atoms with Crippen molar-refractivity contribution >= 4 is 49.1 Å². The minimum atomic E-state index is 0.540. The highest BCUT2D eigenvalue weighted by Gasteiger charge is 2.11. The van der Waals surface area contributed by atoms with Crippen molar-refractivity contribution in [3.8, 4) is 5.69 Å². The molecule has 0 aliphatic heterocycles. The van der Waals surface area contributed by atoms with Gasteiger partial charge in [-0.3, -0.25) is 0 Å². The van der Waals surface area contributed by atoms with Gasteiger partial charge in [-0.2, -0.15) is 5.10 Å². The van der Waals surface area contributed by atoms with E-state index in [9.17, 15) is 0 Å². The number of nitrogens with zero attached hydrogens (tertiary/aromatic N) is 2. The van der Waals surface area contributed by atoms with Crippen LogP contribution in [0.1, 0.15) is 5.76 Å². The summed E-state index contributed by atoms with van der Waals surface area (Å²) < 4.78 is 8.85. The van der Waals surface area contributed by atoms with E-state index in [0.717, 1.165) is 21.6 Å². The average molecular weight is 432 g/mol. The minimum absolute atomic E-state index is 0.540. The van der Waals surface area contributed by atoms with Crippen molar-refractivity contribution in [1.82, 2.24) is 9.78 Å². The zero-order valence-corrected chi connectivity index (χ0v) is 14.6. The highest BCUT2D eigenvalue weighted by molar-refractivity contribution is 9.13. The van der Waals surface area contributed by atoms with E-state index >= 15 is 0 Å². The SMILES string of the molecule is Clc1cccc(NCc2cc(Br)c(Br)o2)c1-n1cccn1. The smallest absolute Gasteiger partial charge is 0.183 e. The Morgan fingerprint density at radius 3 is 2.81 bits per heavy atom. The fraction of sp³-hybridized carbons (Fsp3) is 0.0714. The topological polar surface area (TPSA) is 43.0 Å². The molecule has 3 rings (SSSR count). The third-order valence-corrected chi connectivity index (χ3v) is 4.88. The Morgan fingerprint density at radius 1 is 1.29 bits per heavy atom. The predicted octanol–water partition coefficient (Wildman–Crippen LogP) is 5.26. The number of nitrogens with one attached hydrogen (secondary N) is 1. The van der Waals surface area contributed by atoms with Gasteiger partial charge in [0.25, 0.3) is 0 Å². The van der Waals surface area contributed by atoms with Gasteiger partial charge in [0.2, 0.25) is 0 Å². The number of furan rings is 1. The molecule has 4 nitrogen and oxygen atoms in total. The highest BCUT2D eigenvalue weighted by Crippen LogP contribution is 2.30. The molecular weight excluding hydrogens is 421 g/mol. The molecule has 0 bridgehead atoms. The number of hydrogen-bond donors (Lipinski definition) is 1. The molecule has 2 heterocycles. The summed E-state index contributed by atoms with van der Waals surface area (Å²) in [4.78, 5) is 0. The summed E-state index contributed by atoms with van der Waals surface area (Å²) in [6.07, 6.45) is 3.57. The van der Waals surface area contributed by atoms with E-state index in [-0.39, 0.29) is 0 Å². The van der Waals surface area contributed by atoms with E-state index in [0.29, 0.717) is 16.2 Å². The van der Waals surface area contributed by atoms with Crippen LogP contribution >= 0.6 is 43.5 Å². The summed E-state index contributed by atoms with van der Waals surface area (Å²) in [6, 6.07) is 9.45. The van der Waals surface area contributed by atoms with Gasteiger partial charge >= 0.3 is 0 Å². The second-order valence-electron chi connectivity index (χ2n) is 4.27. The number of anilines is 1. The average Bonchev–Trinajstić information content (AvgIpc) is 3.07. The first-order chi connectivity index (χ1) is 10.1. The van der Waals surface area contributed by atoms with Gasteiger partial charge in [-0.15, -0.1) is 0 Å². The Balaban J connectivity index is 1.87. The van der Waals surface area contributed by atoms with E-state index in [1.165, 1.54) is 0 Å². The number of aromatic nitrogens is 2. The van der Waals surface area contributed by atoms with Gasteiger partial charge in [0.05, 0.1) is 21.7 Å². The molecule has 0 spiro atoms. The lowest BCUT2D eigenvalue weighted by Crippen LogP contribution is -2.05. The monoisotopic (exact) mass is 429 g/mol. The summed E-state index contributed by atoms with van der Waals surface area (Å²) in [5.41, 5.74) is 1.70. The molecular formula is C14H10Br2ClN3O. The molecule has 0 radical (unpaired) electrons. The van der Waals surface area contributed by atoms with Crippen LogP contribution in [-0.2, 0) is 6.54 Å². The van der Waals surface area contributed by atoms with Crippen molar-refractivity contribution in [1.29, 1.82) is 0 Å². The van der Waals surface area contributed by atoms with E-state index in [1.54, 1.807) is 10.9 Å². The summed E-state index contributed by atoms with van der Waals surface area (Å²) in [5, 5.41) is 8.18. The van der Waals surface area contributed by atoms with Crippen molar-refractivity contribution in [2.24, 2.45) is 0 Å². The van der Waals surface area contributed by atoms with Crippen LogP contribution in [0.25, 0.3) is 5.69 Å². The molecule has 0 fully saturated rings. The Morgan fingerprint density at radius 2 is 2.14 bits per heavy atom. The zero-order valence-electron chi connectivity index (χ0n) is 10.7. The van der Waals surface area contributed by atoms with Crippen LogP contribution in [0.5, 0.6) is 0 Å². The van der Waals surface area contributed by atoms with Crippen molar-refractivity contribution < 1.29 is 4.42 Å². The molecule has 0 atom stereocenters. The van der Waals surface area contributed by atoms with Crippen molar-refractivity contribution in [3.05, 3.63) is 62.7 Å². The van der Waals surface area contributed by atoms with Crippen molar-refractivity contribution in [3.63, 3.8) is 0 Å². The third-order valence-electron chi connectivity index (χ3n) is 2.87. The van der Waals surface area contributed by atoms with Crippen LogP contribution in [0.15, 0.2) is 56.3 Å². The first-order valence-electron chi connectivity index (χ1n) is 6.11. The Kier molecular flexibility index (Phi) is 4.37. The normalized spacial score (nSPS) is 10.8. The van der Waals surface area contributed by atoms with E-state index in [4.69, 9.17) is 16.0 Å². The first-order valence-corrected chi connectivity index (χ1v) is 8.07. The number of rotatable bonds is 4. The molecule has 108 valence electrons. The highest BCUT2D eigenvalue weighted by atomic mass is 79.9. The number of para-hydroxylation sites is 1. The van der Waals surface area contributed by atoms with Crippen molar-refractivity contribution in [2.45, 2.75) is 6.54 Å². The van der Waals surface area contributed by atoms with Gasteiger partial charge in [0.1, 0.15) is 11.4 Å². The van der Waals surface area contributed by atoms with Crippen LogP contribution in [0.2, 0.25) is 5.02 Å². The molecule has 0 saturated carbocycles. The second-order valence-corrected chi connectivity index (χ2v) is 6.26. The fourth-order valence-electron chi connectivity index (χ4n) is 1.95. The van der Waals surface area contributed by atoms with Gasteiger partial charge in [0, 0.05) is 12.4 Å². The maximum absolute atomic E-state index is 6.29. The number of benzene rings is 1. The quantitative estimate of drug-likeness (QED) is 0.613. The fourth-order valence-corrected chi connectivity index (χ4v) is 2.87. The van der Waals surface area contributed by atoms with Gasteiger partial charge in [-0.25, -0.2) is 4.68 Å².